The number of nitrogens with zero attached hydrogens (tertiary/aromatic N) is 1. The second-order valence-electron chi connectivity index (χ2n) is 5.78. The number of carboxylic acids is 1. The number of rotatable bonds is 2. The summed E-state index contributed by atoms with van der Waals surface area (Å²) >= 11 is 0. The molecule has 0 fully saturated rings. The lowest BCUT2D eigenvalue weighted by molar-refractivity contribution is -0.385. The minimum atomic E-state index is -1.30. The molecule has 0 amide bonds. The topological polar surface area (TPSA) is 98.9 Å². The van der Waals surface area contributed by atoms with Crippen molar-refractivity contribution in [3.05, 3.63) is 27.8 Å². The molecule has 7 heteroatoms. The van der Waals surface area contributed by atoms with E-state index in [-0.39, 0.29) is 22.7 Å². The Morgan fingerprint density at radius 2 is 1.95 bits per heavy atom. The molecule has 1 aromatic carbocycles. The van der Waals surface area contributed by atoms with Crippen LogP contribution < -0.4 is 9.47 Å². The summed E-state index contributed by atoms with van der Waals surface area (Å²) in [5.74, 6) is -2.28. The predicted molar refractivity (Wildman–Crippen MR) is 69.2 cm³/mol. The third kappa shape index (κ3) is 2.04. The summed E-state index contributed by atoms with van der Waals surface area (Å²) in [4.78, 5) is 21.4. The molecule has 0 radical (unpaired) electrons. The first-order valence-electron chi connectivity index (χ1n) is 5.99. The van der Waals surface area contributed by atoms with Crippen LogP contribution in [0.15, 0.2) is 12.1 Å². The van der Waals surface area contributed by atoms with Crippen molar-refractivity contribution in [1.82, 2.24) is 0 Å². The quantitative estimate of drug-likeness (QED) is 0.661. The van der Waals surface area contributed by atoms with Gasteiger partial charge in [0, 0.05) is 18.4 Å². The zero-order chi connectivity index (χ0) is 15.3. The van der Waals surface area contributed by atoms with Crippen LogP contribution >= 0.6 is 0 Å². The van der Waals surface area contributed by atoms with E-state index >= 15 is 0 Å². The fourth-order valence-corrected chi connectivity index (χ4v) is 1.76. The van der Waals surface area contributed by atoms with Crippen LogP contribution in [0.2, 0.25) is 0 Å². The van der Waals surface area contributed by atoms with Crippen LogP contribution in [0.1, 0.15) is 38.1 Å². The summed E-state index contributed by atoms with van der Waals surface area (Å²) in [5.41, 5.74) is -1.07. The zero-order valence-corrected chi connectivity index (χ0v) is 11.6. The average molecular weight is 281 g/mol. The normalized spacial score (nSPS) is 20.8. The lowest BCUT2D eigenvalue weighted by atomic mass is 9.87. The first kappa shape index (κ1) is 14.1. The van der Waals surface area contributed by atoms with E-state index in [0.717, 1.165) is 6.07 Å². The largest absolute Gasteiger partial charge is 0.478 e. The van der Waals surface area contributed by atoms with Crippen molar-refractivity contribution < 1.29 is 24.3 Å². The molecule has 20 heavy (non-hydrogen) atoms. The van der Waals surface area contributed by atoms with Gasteiger partial charge in [-0.25, -0.2) is 4.79 Å². The van der Waals surface area contributed by atoms with Crippen LogP contribution in [0, 0.1) is 15.5 Å². The molecule has 0 saturated heterocycles. The molecule has 0 aliphatic carbocycles. The molecule has 1 N–H and O–H groups in total. The molecular weight excluding hydrogens is 266 g/mol. The molecule has 1 atom stereocenters. The van der Waals surface area contributed by atoms with Crippen molar-refractivity contribution in [2.75, 3.05) is 0 Å². The van der Waals surface area contributed by atoms with Gasteiger partial charge in [0.1, 0.15) is 5.56 Å². The van der Waals surface area contributed by atoms with Gasteiger partial charge in [-0.1, -0.05) is 20.8 Å². The minimum absolute atomic E-state index is 0.0283. The van der Waals surface area contributed by atoms with Gasteiger partial charge in [0.15, 0.2) is 11.5 Å². The highest BCUT2D eigenvalue weighted by molar-refractivity contribution is 5.93. The van der Waals surface area contributed by atoms with Crippen molar-refractivity contribution in [3.8, 4) is 11.5 Å². The Balaban J connectivity index is 2.59. The minimum Gasteiger partial charge on any atom is -0.478 e. The fourth-order valence-electron chi connectivity index (χ4n) is 1.76. The number of nitro benzene ring substituents is 1. The summed E-state index contributed by atoms with van der Waals surface area (Å²) < 4.78 is 11.3. The number of ether oxygens (including phenoxy) is 2. The Morgan fingerprint density at radius 3 is 2.40 bits per heavy atom. The number of fused-ring (bicyclic) bond motifs is 1. The SMILES string of the molecule is CC(C)(C)[C@@]1(C)Oc2cc([N+](=O)[O-])cc(C(=O)O)c2O1. The number of carboxylic acid groups (broad SMARTS) is 1. The highest BCUT2D eigenvalue weighted by atomic mass is 16.7. The molecule has 2 rings (SSSR count). The van der Waals surface area contributed by atoms with Gasteiger partial charge in [0.05, 0.1) is 11.0 Å². The van der Waals surface area contributed by atoms with Crippen LogP contribution in [0.5, 0.6) is 11.5 Å². The molecule has 0 saturated carbocycles. The van der Waals surface area contributed by atoms with E-state index in [1.165, 1.54) is 6.07 Å². The Morgan fingerprint density at radius 1 is 1.35 bits per heavy atom. The van der Waals surface area contributed by atoms with Gasteiger partial charge in [-0.15, -0.1) is 0 Å². The van der Waals surface area contributed by atoms with E-state index < -0.39 is 22.1 Å². The van der Waals surface area contributed by atoms with E-state index in [4.69, 9.17) is 9.47 Å². The van der Waals surface area contributed by atoms with E-state index in [1.807, 2.05) is 20.8 Å². The fraction of sp³-hybridized carbons (Fsp3) is 0.462. The summed E-state index contributed by atoms with van der Waals surface area (Å²) in [6, 6.07) is 2.15. The van der Waals surface area contributed by atoms with E-state index in [9.17, 15) is 20.0 Å². The van der Waals surface area contributed by atoms with Gasteiger partial charge >= 0.3 is 5.97 Å². The summed E-state index contributed by atoms with van der Waals surface area (Å²) in [7, 11) is 0. The highest BCUT2D eigenvalue weighted by Gasteiger charge is 2.49. The van der Waals surface area contributed by atoms with Gasteiger partial charge in [0.25, 0.3) is 11.5 Å². The van der Waals surface area contributed by atoms with E-state index in [1.54, 1.807) is 6.92 Å². The molecular formula is C13H15NO6. The maximum atomic E-state index is 11.2. The van der Waals surface area contributed by atoms with Crippen molar-refractivity contribution in [3.63, 3.8) is 0 Å². The monoisotopic (exact) mass is 281 g/mol. The van der Waals surface area contributed by atoms with E-state index in [0.29, 0.717) is 0 Å². The van der Waals surface area contributed by atoms with Crippen LogP contribution in [-0.2, 0) is 0 Å². The first-order valence-corrected chi connectivity index (χ1v) is 5.99. The summed E-state index contributed by atoms with van der Waals surface area (Å²) in [5, 5.41) is 20.0. The third-order valence-corrected chi connectivity index (χ3v) is 3.44. The highest BCUT2D eigenvalue weighted by Crippen LogP contribution is 2.49. The molecule has 0 bridgehead atoms. The van der Waals surface area contributed by atoms with E-state index in [2.05, 4.69) is 0 Å². The number of nitro groups is 1. The predicted octanol–water partition coefficient (Wildman–Crippen LogP) is 2.83. The van der Waals surface area contributed by atoms with Gasteiger partial charge in [-0.2, -0.15) is 0 Å². The van der Waals surface area contributed by atoms with Gasteiger partial charge < -0.3 is 14.6 Å². The molecule has 1 heterocycles. The van der Waals surface area contributed by atoms with Gasteiger partial charge in [-0.3, -0.25) is 10.1 Å². The average Bonchev–Trinajstić information content (AvgIpc) is 2.63. The van der Waals surface area contributed by atoms with Crippen LogP contribution in [0.4, 0.5) is 5.69 Å². The number of hydrogen-bond donors (Lipinski definition) is 1. The number of carbonyl (C=O) groups is 1. The Bertz CT molecular complexity index is 604. The van der Waals surface area contributed by atoms with Gasteiger partial charge in [-0.05, 0) is 0 Å². The van der Waals surface area contributed by atoms with Crippen molar-refractivity contribution in [2.24, 2.45) is 5.41 Å². The molecule has 0 spiro atoms. The summed E-state index contributed by atoms with van der Waals surface area (Å²) in [6.07, 6.45) is 0. The Hall–Kier alpha value is -2.31. The van der Waals surface area contributed by atoms with Gasteiger partial charge in [0.2, 0.25) is 0 Å². The van der Waals surface area contributed by atoms with Crippen molar-refractivity contribution in [2.45, 2.75) is 33.5 Å². The number of hydrogen-bond acceptors (Lipinski definition) is 5. The van der Waals surface area contributed by atoms with Crippen molar-refractivity contribution in [1.29, 1.82) is 0 Å². The maximum absolute atomic E-state index is 11.2. The maximum Gasteiger partial charge on any atom is 0.339 e. The number of non-ortho nitro benzene ring substituents is 1. The molecule has 0 unspecified atom stereocenters. The molecule has 7 nitrogen and oxygen atoms in total. The third-order valence-electron chi connectivity index (χ3n) is 3.44. The first-order chi connectivity index (χ1) is 9.05. The number of benzene rings is 1. The Kier molecular flexibility index (Phi) is 2.89. The number of aromatic carboxylic acids is 1. The molecule has 1 aliphatic heterocycles. The lowest BCUT2D eigenvalue weighted by Gasteiger charge is -2.35. The Labute approximate surface area is 115 Å². The second-order valence-corrected chi connectivity index (χ2v) is 5.78. The zero-order valence-electron chi connectivity index (χ0n) is 11.6. The second kappa shape index (κ2) is 4.09. The van der Waals surface area contributed by atoms with Crippen LogP contribution in [0.25, 0.3) is 0 Å². The molecule has 0 aromatic heterocycles. The lowest BCUT2D eigenvalue weighted by Crippen LogP contribution is -2.47. The van der Waals surface area contributed by atoms with Crippen LogP contribution in [0.3, 0.4) is 0 Å². The summed E-state index contributed by atoms with van der Waals surface area (Å²) in [6.45, 7) is 7.28. The standard InChI is InChI=1S/C13H15NO6/c1-12(2,3)13(4)19-9-6-7(14(17)18)5-8(11(15)16)10(9)20-13/h5-6H,1-4H3,(H,15,16)/t13-/m0/s1. The molecule has 108 valence electrons. The van der Waals surface area contributed by atoms with Crippen molar-refractivity contribution >= 4 is 11.7 Å². The van der Waals surface area contributed by atoms with Crippen LogP contribution in [-0.4, -0.2) is 21.8 Å². The smallest absolute Gasteiger partial charge is 0.339 e. The molecule has 1 aromatic rings. The molecule has 1 aliphatic rings.